The number of para-hydroxylation sites is 1. The highest BCUT2D eigenvalue weighted by Gasteiger charge is 2.33. The number of hydrogen-bond acceptors (Lipinski definition) is 6. The molecule has 3 aromatic rings. The summed E-state index contributed by atoms with van der Waals surface area (Å²) in [6.07, 6.45) is 5.96. The Morgan fingerprint density at radius 1 is 1.16 bits per heavy atom. The number of aromatic nitrogens is 1. The molecular weight excluding hydrogens is 392 g/mol. The number of ether oxygens (including phenoxy) is 3. The summed E-state index contributed by atoms with van der Waals surface area (Å²) in [5.74, 6) is 2.44. The number of fused-ring (bicyclic) bond motifs is 3. The average molecular weight is 414 g/mol. The lowest BCUT2D eigenvalue weighted by Gasteiger charge is -2.29. The van der Waals surface area contributed by atoms with Gasteiger partial charge in [0.2, 0.25) is 5.78 Å². The number of methoxy groups -OCH3 is 1. The first-order valence-electron chi connectivity index (χ1n) is 10.2. The van der Waals surface area contributed by atoms with Crippen molar-refractivity contribution in [1.82, 2.24) is 9.88 Å². The number of benzene rings is 2. The molecule has 156 valence electrons. The van der Waals surface area contributed by atoms with Crippen LogP contribution >= 0.6 is 0 Å². The summed E-state index contributed by atoms with van der Waals surface area (Å²) >= 11 is 0. The van der Waals surface area contributed by atoms with Crippen LogP contribution in [0.25, 0.3) is 6.08 Å². The standard InChI is InChI=1S/C25H22N2O4/c1-29-21-7-3-2-6-18(21)10-12-27-15-20-22(30-16-27)9-8-19-24(28)23(31-25(19)20)13-17-5-4-11-26-14-17/h2-9,11,13-14H,10,12,15-16H2,1H3/b23-13-. The van der Waals surface area contributed by atoms with E-state index in [0.29, 0.717) is 30.3 Å². The van der Waals surface area contributed by atoms with E-state index in [1.807, 2.05) is 36.4 Å². The Kier molecular flexibility index (Phi) is 5.14. The number of carbonyl (C=O) groups excluding carboxylic acids is 1. The van der Waals surface area contributed by atoms with Crippen LogP contribution in [0.1, 0.15) is 27.0 Å². The van der Waals surface area contributed by atoms with Crippen LogP contribution in [0.2, 0.25) is 0 Å². The Morgan fingerprint density at radius 2 is 2.06 bits per heavy atom. The zero-order valence-corrected chi connectivity index (χ0v) is 17.2. The largest absolute Gasteiger partial charge is 0.496 e. The van der Waals surface area contributed by atoms with E-state index in [9.17, 15) is 4.79 Å². The fourth-order valence-electron chi connectivity index (χ4n) is 3.95. The smallest absolute Gasteiger partial charge is 0.231 e. The Balaban J connectivity index is 1.36. The predicted molar refractivity (Wildman–Crippen MR) is 116 cm³/mol. The van der Waals surface area contributed by atoms with Gasteiger partial charge in [-0.15, -0.1) is 0 Å². The van der Waals surface area contributed by atoms with E-state index >= 15 is 0 Å². The quantitative estimate of drug-likeness (QED) is 0.586. The van der Waals surface area contributed by atoms with Crippen molar-refractivity contribution in [3.05, 3.63) is 88.9 Å². The lowest BCUT2D eigenvalue weighted by Crippen LogP contribution is -2.33. The number of rotatable bonds is 5. The molecular formula is C25H22N2O4. The normalized spacial score (nSPS) is 16.4. The Bertz CT molecular complexity index is 1160. The van der Waals surface area contributed by atoms with Gasteiger partial charge < -0.3 is 14.2 Å². The van der Waals surface area contributed by atoms with Crippen molar-refractivity contribution in [3.8, 4) is 17.2 Å². The highest BCUT2D eigenvalue weighted by atomic mass is 16.5. The molecule has 0 saturated heterocycles. The lowest BCUT2D eigenvalue weighted by molar-refractivity contribution is 0.0948. The molecule has 6 nitrogen and oxygen atoms in total. The van der Waals surface area contributed by atoms with Gasteiger partial charge in [-0.1, -0.05) is 24.3 Å². The van der Waals surface area contributed by atoms with Crippen molar-refractivity contribution in [3.63, 3.8) is 0 Å². The molecule has 5 rings (SSSR count). The van der Waals surface area contributed by atoms with Crippen LogP contribution in [0.5, 0.6) is 17.2 Å². The SMILES string of the molecule is COc1ccccc1CCN1COc2ccc3c(c2C1)O/C(=C\c1cccnc1)C3=O. The maximum Gasteiger partial charge on any atom is 0.231 e. The van der Waals surface area contributed by atoms with E-state index in [4.69, 9.17) is 14.2 Å². The summed E-state index contributed by atoms with van der Waals surface area (Å²) in [6.45, 7) is 1.95. The van der Waals surface area contributed by atoms with E-state index in [0.717, 1.165) is 41.2 Å². The Labute approximate surface area is 180 Å². The Morgan fingerprint density at radius 3 is 2.90 bits per heavy atom. The summed E-state index contributed by atoms with van der Waals surface area (Å²) in [4.78, 5) is 19.2. The van der Waals surface area contributed by atoms with Crippen molar-refractivity contribution >= 4 is 11.9 Å². The Hall–Kier alpha value is -3.64. The number of pyridine rings is 1. The third kappa shape index (κ3) is 3.78. The van der Waals surface area contributed by atoms with Gasteiger partial charge in [-0.25, -0.2) is 0 Å². The molecule has 0 amide bonds. The van der Waals surface area contributed by atoms with Gasteiger partial charge in [0.25, 0.3) is 0 Å². The molecule has 0 atom stereocenters. The van der Waals surface area contributed by atoms with Gasteiger partial charge in [0.05, 0.1) is 18.2 Å². The summed E-state index contributed by atoms with van der Waals surface area (Å²) in [5.41, 5.74) is 3.46. The zero-order valence-electron chi connectivity index (χ0n) is 17.2. The summed E-state index contributed by atoms with van der Waals surface area (Å²) in [6, 6.07) is 15.4. The molecule has 31 heavy (non-hydrogen) atoms. The molecule has 0 fully saturated rings. The van der Waals surface area contributed by atoms with Gasteiger partial charge in [0, 0.05) is 25.5 Å². The fraction of sp³-hybridized carbons (Fsp3) is 0.200. The van der Waals surface area contributed by atoms with Crippen LogP contribution in [0.15, 0.2) is 66.7 Å². The predicted octanol–water partition coefficient (Wildman–Crippen LogP) is 4.10. The number of nitrogens with zero attached hydrogens (tertiary/aromatic N) is 2. The molecule has 0 N–H and O–H groups in total. The lowest BCUT2D eigenvalue weighted by atomic mass is 10.0. The highest BCUT2D eigenvalue weighted by molar-refractivity contribution is 6.15. The molecule has 0 saturated carbocycles. The molecule has 0 radical (unpaired) electrons. The number of ketones is 1. The summed E-state index contributed by atoms with van der Waals surface area (Å²) in [5, 5.41) is 0. The topological polar surface area (TPSA) is 60.9 Å². The van der Waals surface area contributed by atoms with Crippen LogP contribution in [0.4, 0.5) is 0 Å². The minimum absolute atomic E-state index is 0.118. The van der Waals surface area contributed by atoms with Crippen LogP contribution in [-0.4, -0.2) is 36.1 Å². The maximum atomic E-state index is 12.9. The molecule has 3 heterocycles. The van der Waals surface area contributed by atoms with E-state index in [-0.39, 0.29) is 5.78 Å². The molecule has 2 aliphatic heterocycles. The molecule has 0 spiro atoms. The van der Waals surface area contributed by atoms with Crippen LogP contribution in [-0.2, 0) is 13.0 Å². The van der Waals surface area contributed by atoms with Crippen molar-refractivity contribution < 1.29 is 19.0 Å². The molecule has 0 bridgehead atoms. The first-order chi connectivity index (χ1) is 15.2. The molecule has 2 aliphatic rings. The zero-order chi connectivity index (χ0) is 21.2. The van der Waals surface area contributed by atoms with Gasteiger partial charge in [0.15, 0.2) is 5.76 Å². The summed E-state index contributed by atoms with van der Waals surface area (Å²) < 4.78 is 17.5. The molecule has 0 aliphatic carbocycles. The van der Waals surface area contributed by atoms with E-state index in [2.05, 4.69) is 16.0 Å². The van der Waals surface area contributed by atoms with Gasteiger partial charge in [0.1, 0.15) is 24.0 Å². The van der Waals surface area contributed by atoms with Crippen LogP contribution < -0.4 is 14.2 Å². The van der Waals surface area contributed by atoms with Crippen LogP contribution in [0.3, 0.4) is 0 Å². The van der Waals surface area contributed by atoms with Crippen molar-refractivity contribution in [2.24, 2.45) is 0 Å². The van der Waals surface area contributed by atoms with Crippen molar-refractivity contribution in [1.29, 1.82) is 0 Å². The monoisotopic (exact) mass is 414 g/mol. The maximum absolute atomic E-state index is 12.9. The first-order valence-corrected chi connectivity index (χ1v) is 10.2. The molecule has 0 unspecified atom stereocenters. The molecule has 2 aromatic carbocycles. The molecule has 6 heteroatoms. The van der Waals surface area contributed by atoms with E-state index < -0.39 is 0 Å². The van der Waals surface area contributed by atoms with Gasteiger partial charge in [-0.3, -0.25) is 14.7 Å². The second kappa shape index (κ2) is 8.24. The highest BCUT2D eigenvalue weighted by Crippen LogP contribution is 2.42. The van der Waals surface area contributed by atoms with Gasteiger partial charge >= 0.3 is 0 Å². The second-order valence-corrected chi connectivity index (χ2v) is 7.53. The minimum atomic E-state index is -0.118. The summed E-state index contributed by atoms with van der Waals surface area (Å²) in [7, 11) is 1.69. The molecule has 1 aromatic heterocycles. The number of allylic oxidation sites excluding steroid dienone is 1. The van der Waals surface area contributed by atoms with Gasteiger partial charge in [-0.05, 0) is 47.9 Å². The van der Waals surface area contributed by atoms with Crippen molar-refractivity contribution in [2.75, 3.05) is 20.4 Å². The first kappa shape index (κ1) is 19.3. The van der Waals surface area contributed by atoms with E-state index in [1.165, 1.54) is 0 Å². The fourth-order valence-corrected chi connectivity index (χ4v) is 3.95. The van der Waals surface area contributed by atoms with E-state index in [1.54, 1.807) is 31.6 Å². The number of hydrogen-bond donors (Lipinski definition) is 0. The second-order valence-electron chi connectivity index (χ2n) is 7.53. The third-order valence-electron chi connectivity index (χ3n) is 5.55. The number of Topliss-reactive ketones (excluding diaryl/α,β-unsaturated/α-hetero) is 1. The van der Waals surface area contributed by atoms with Crippen molar-refractivity contribution in [2.45, 2.75) is 13.0 Å². The minimum Gasteiger partial charge on any atom is -0.496 e. The number of carbonyl (C=O) groups is 1. The third-order valence-corrected chi connectivity index (χ3v) is 5.55. The van der Waals surface area contributed by atoms with Crippen LogP contribution in [0, 0.1) is 0 Å². The van der Waals surface area contributed by atoms with Gasteiger partial charge in [-0.2, -0.15) is 0 Å². The average Bonchev–Trinajstić information content (AvgIpc) is 3.14.